The lowest BCUT2D eigenvalue weighted by Gasteiger charge is -2.10. The highest BCUT2D eigenvalue weighted by Gasteiger charge is 2.10. The van der Waals surface area contributed by atoms with E-state index >= 15 is 0 Å². The van der Waals surface area contributed by atoms with Gasteiger partial charge in [-0.05, 0) is 55.2 Å². The molecule has 2 aromatic rings. The zero-order valence-corrected chi connectivity index (χ0v) is 13.3. The van der Waals surface area contributed by atoms with E-state index < -0.39 is 0 Å². The van der Waals surface area contributed by atoms with Gasteiger partial charge in [0.05, 0.1) is 0 Å². The van der Waals surface area contributed by atoms with E-state index in [4.69, 9.17) is 0 Å². The second-order valence-corrected chi connectivity index (χ2v) is 5.63. The van der Waals surface area contributed by atoms with Gasteiger partial charge in [0.2, 0.25) is 0 Å². The number of carbonyl (C=O) groups excluding carboxylic acids is 1. The molecule has 0 aliphatic heterocycles. The highest BCUT2D eigenvalue weighted by molar-refractivity contribution is 9.09. The lowest BCUT2D eigenvalue weighted by molar-refractivity contribution is 0.102. The van der Waals surface area contributed by atoms with Gasteiger partial charge in [0.25, 0.3) is 5.91 Å². The van der Waals surface area contributed by atoms with Crippen LogP contribution in [-0.2, 0) is 6.42 Å². The summed E-state index contributed by atoms with van der Waals surface area (Å²) in [5.41, 5.74) is 4.97. The van der Waals surface area contributed by atoms with Crippen LogP contribution in [0, 0.1) is 13.8 Å². The molecule has 0 aromatic heterocycles. The monoisotopic (exact) mass is 331 g/mol. The van der Waals surface area contributed by atoms with Crippen molar-refractivity contribution >= 4 is 27.5 Å². The molecule has 0 aliphatic carbocycles. The van der Waals surface area contributed by atoms with Gasteiger partial charge < -0.3 is 5.32 Å². The summed E-state index contributed by atoms with van der Waals surface area (Å²) in [6, 6.07) is 13.8. The predicted octanol–water partition coefficient (Wildman–Crippen LogP) is 4.49. The molecule has 0 heterocycles. The Morgan fingerprint density at radius 2 is 1.80 bits per heavy atom. The van der Waals surface area contributed by atoms with Gasteiger partial charge in [-0.3, -0.25) is 4.79 Å². The van der Waals surface area contributed by atoms with Gasteiger partial charge in [0, 0.05) is 16.6 Å². The zero-order valence-electron chi connectivity index (χ0n) is 11.7. The Morgan fingerprint density at radius 1 is 1.10 bits per heavy atom. The SMILES string of the molecule is Cc1cccc(C(=O)Nc2ccc(CCBr)cc2)c1C. The second kappa shape index (κ2) is 6.71. The fraction of sp³-hybridized carbons (Fsp3) is 0.235. The van der Waals surface area contributed by atoms with Crippen molar-refractivity contribution in [2.24, 2.45) is 0 Å². The highest BCUT2D eigenvalue weighted by atomic mass is 79.9. The zero-order chi connectivity index (χ0) is 14.5. The minimum Gasteiger partial charge on any atom is -0.322 e. The van der Waals surface area contributed by atoms with E-state index in [0.717, 1.165) is 34.1 Å². The smallest absolute Gasteiger partial charge is 0.255 e. The predicted molar refractivity (Wildman–Crippen MR) is 87.8 cm³/mol. The third-order valence-electron chi connectivity index (χ3n) is 3.44. The molecule has 2 aromatic carbocycles. The number of nitrogens with one attached hydrogen (secondary N) is 1. The molecule has 0 spiro atoms. The molecule has 3 heteroatoms. The third kappa shape index (κ3) is 3.48. The minimum absolute atomic E-state index is 0.0561. The number of rotatable bonds is 4. The van der Waals surface area contributed by atoms with Gasteiger partial charge in [-0.2, -0.15) is 0 Å². The van der Waals surface area contributed by atoms with Crippen molar-refractivity contribution < 1.29 is 4.79 Å². The lowest BCUT2D eigenvalue weighted by Crippen LogP contribution is -2.13. The van der Waals surface area contributed by atoms with Crippen LogP contribution in [0.5, 0.6) is 0 Å². The van der Waals surface area contributed by atoms with Crippen molar-refractivity contribution in [1.82, 2.24) is 0 Å². The van der Waals surface area contributed by atoms with Crippen LogP contribution in [0.1, 0.15) is 27.0 Å². The van der Waals surface area contributed by atoms with E-state index in [1.165, 1.54) is 5.56 Å². The van der Waals surface area contributed by atoms with Gasteiger partial charge in [0.15, 0.2) is 0 Å². The van der Waals surface area contributed by atoms with Crippen LogP contribution in [0.2, 0.25) is 0 Å². The molecular formula is C17H18BrNO. The number of alkyl halides is 1. The number of halogens is 1. The Balaban J connectivity index is 2.13. The van der Waals surface area contributed by atoms with Crippen molar-refractivity contribution in [2.45, 2.75) is 20.3 Å². The molecule has 0 bridgehead atoms. The number of benzene rings is 2. The molecule has 1 amide bonds. The lowest BCUT2D eigenvalue weighted by atomic mass is 10.0. The maximum absolute atomic E-state index is 12.3. The Bertz CT molecular complexity index is 605. The molecule has 104 valence electrons. The highest BCUT2D eigenvalue weighted by Crippen LogP contribution is 2.16. The summed E-state index contributed by atoms with van der Waals surface area (Å²) in [7, 11) is 0. The standard InChI is InChI=1S/C17H18BrNO/c1-12-4-3-5-16(13(12)2)17(20)19-15-8-6-14(7-9-15)10-11-18/h3-9H,10-11H2,1-2H3,(H,19,20). The molecule has 0 fully saturated rings. The first-order valence-electron chi connectivity index (χ1n) is 6.64. The van der Waals surface area contributed by atoms with Gasteiger partial charge in [-0.15, -0.1) is 0 Å². The molecule has 0 radical (unpaired) electrons. The normalized spacial score (nSPS) is 10.3. The second-order valence-electron chi connectivity index (χ2n) is 4.84. The summed E-state index contributed by atoms with van der Waals surface area (Å²) in [5.74, 6) is -0.0561. The van der Waals surface area contributed by atoms with Crippen molar-refractivity contribution in [3.05, 3.63) is 64.7 Å². The molecule has 0 aliphatic rings. The van der Waals surface area contributed by atoms with Crippen molar-refractivity contribution in [3.8, 4) is 0 Å². The van der Waals surface area contributed by atoms with Crippen LogP contribution in [0.25, 0.3) is 0 Å². The average Bonchev–Trinajstić information content (AvgIpc) is 2.44. The fourth-order valence-electron chi connectivity index (χ4n) is 2.06. The third-order valence-corrected chi connectivity index (χ3v) is 3.84. The molecule has 0 saturated carbocycles. The van der Waals surface area contributed by atoms with Crippen molar-refractivity contribution in [3.63, 3.8) is 0 Å². The summed E-state index contributed by atoms with van der Waals surface area (Å²) in [6.45, 7) is 3.99. The number of aryl methyl sites for hydroxylation is 2. The van der Waals surface area contributed by atoms with Gasteiger partial charge in [0.1, 0.15) is 0 Å². The first-order valence-corrected chi connectivity index (χ1v) is 7.76. The first-order chi connectivity index (χ1) is 9.61. The van der Waals surface area contributed by atoms with Crippen molar-refractivity contribution in [2.75, 3.05) is 10.6 Å². The number of carbonyl (C=O) groups is 1. The minimum atomic E-state index is -0.0561. The number of hydrogen-bond acceptors (Lipinski definition) is 1. The Labute approximate surface area is 128 Å². The molecule has 0 saturated heterocycles. The molecule has 2 nitrogen and oxygen atoms in total. The van der Waals surface area contributed by atoms with Crippen LogP contribution in [-0.4, -0.2) is 11.2 Å². The number of amides is 1. The average molecular weight is 332 g/mol. The maximum atomic E-state index is 12.3. The van der Waals surface area contributed by atoms with Crippen LogP contribution in [0.15, 0.2) is 42.5 Å². The van der Waals surface area contributed by atoms with Crippen molar-refractivity contribution in [1.29, 1.82) is 0 Å². The summed E-state index contributed by atoms with van der Waals surface area (Å²) < 4.78 is 0. The number of hydrogen-bond donors (Lipinski definition) is 1. The summed E-state index contributed by atoms with van der Waals surface area (Å²) in [4.78, 5) is 12.3. The number of anilines is 1. The van der Waals surface area contributed by atoms with Crippen LogP contribution in [0.3, 0.4) is 0 Å². The van der Waals surface area contributed by atoms with Gasteiger partial charge in [-0.25, -0.2) is 0 Å². The van der Waals surface area contributed by atoms with E-state index in [1.54, 1.807) is 0 Å². The van der Waals surface area contributed by atoms with Gasteiger partial charge in [-0.1, -0.05) is 40.2 Å². The van der Waals surface area contributed by atoms with E-state index in [0.29, 0.717) is 0 Å². The summed E-state index contributed by atoms with van der Waals surface area (Å²) >= 11 is 3.42. The Kier molecular flexibility index (Phi) is 4.96. The molecule has 20 heavy (non-hydrogen) atoms. The van der Waals surface area contributed by atoms with E-state index in [1.807, 2.05) is 56.3 Å². The molecule has 1 N–H and O–H groups in total. The van der Waals surface area contributed by atoms with Crippen LogP contribution >= 0.6 is 15.9 Å². The van der Waals surface area contributed by atoms with Crippen LogP contribution in [0.4, 0.5) is 5.69 Å². The molecule has 0 unspecified atom stereocenters. The molecular weight excluding hydrogens is 314 g/mol. The molecule has 2 rings (SSSR count). The van der Waals surface area contributed by atoms with Crippen LogP contribution < -0.4 is 5.32 Å². The Morgan fingerprint density at radius 3 is 2.45 bits per heavy atom. The van der Waals surface area contributed by atoms with E-state index in [9.17, 15) is 4.79 Å². The fourth-order valence-corrected chi connectivity index (χ4v) is 2.52. The largest absolute Gasteiger partial charge is 0.322 e. The molecule has 0 atom stereocenters. The van der Waals surface area contributed by atoms with E-state index in [-0.39, 0.29) is 5.91 Å². The summed E-state index contributed by atoms with van der Waals surface area (Å²) in [5, 5.41) is 3.89. The maximum Gasteiger partial charge on any atom is 0.255 e. The van der Waals surface area contributed by atoms with E-state index in [2.05, 4.69) is 21.2 Å². The Hall–Kier alpha value is -1.61. The van der Waals surface area contributed by atoms with Gasteiger partial charge >= 0.3 is 0 Å². The first kappa shape index (κ1) is 14.8. The topological polar surface area (TPSA) is 29.1 Å². The summed E-state index contributed by atoms with van der Waals surface area (Å²) in [6.07, 6.45) is 0.991. The quantitative estimate of drug-likeness (QED) is 0.821.